The molecule has 2 aliphatic heterocycles. The number of urea groups is 1. The number of ether oxygens (including phenoxy) is 4. The molecule has 11 nitrogen and oxygen atoms in total. The van der Waals surface area contributed by atoms with Crippen molar-refractivity contribution in [2.24, 2.45) is 11.8 Å². The maximum absolute atomic E-state index is 14.4. The van der Waals surface area contributed by atoms with Gasteiger partial charge in [-0.05, 0) is 89.2 Å². The van der Waals surface area contributed by atoms with E-state index in [4.69, 9.17) is 18.9 Å². The standard InChI is InChI=1S/C37H54N4O7/c1-25-20-41(26(2)23-42)36(43)31-18-29(38-37(44)39-30-14-16-33-34(19-30)47-24-46-33)13-15-32(31)48-27(3)10-8-9-17-45-35(25)22-40(4)21-28-11-6-5-7-12-28/h13-16,18-19,25-28,35,42H,5-12,17,20-24H2,1-4H3,(H2,38,39,44)/t25-,26-,27-,35-/m1/s1. The number of nitrogens with zero attached hydrogens (tertiary/aromatic N) is 2. The minimum absolute atomic E-state index is 0.0109. The molecule has 0 unspecified atom stereocenters. The predicted octanol–water partition coefficient (Wildman–Crippen LogP) is 6.37. The molecule has 2 aromatic carbocycles. The molecule has 2 heterocycles. The summed E-state index contributed by atoms with van der Waals surface area (Å²) in [6, 6.07) is 9.39. The van der Waals surface area contributed by atoms with Crippen molar-refractivity contribution in [1.82, 2.24) is 9.80 Å². The summed E-state index contributed by atoms with van der Waals surface area (Å²) < 4.78 is 23.7. The molecule has 3 amide bonds. The molecule has 0 radical (unpaired) electrons. The van der Waals surface area contributed by atoms with Gasteiger partial charge < -0.3 is 44.5 Å². The maximum Gasteiger partial charge on any atom is 0.323 e. The summed E-state index contributed by atoms with van der Waals surface area (Å²) in [7, 11) is 2.18. The first kappa shape index (κ1) is 35.8. The second-order valence-electron chi connectivity index (χ2n) is 13.9. The molecule has 1 fully saturated rings. The van der Waals surface area contributed by atoms with Crippen molar-refractivity contribution in [1.29, 1.82) is 0 Å². The van der Waals surface area contributed by atoms with Gasteiger partial charge >= 0.3 is 6.03 Å². The second kappa shape index (κ2) is 17.2. The van der Waals surface area contributed by atoms with E-state index in [9.17, 15) is 14.7 Å². The van der Waals surface area contributed by atoms with Crippen LogP contribution in [0.1, 0.15) is 82.5 Å². The monoisotopic (exact) mass is 666 g/mol. The molecule has 11 heteroatoms. The number of anilines is 2. The summed E-state index contributed by atoms with van der Waals surface area (Å²) in [6.45, 7) is 8.85. The number of carbonyl (C=O) groups excluding carboxylic acids is 2. The largest absolute Gasteiger partial charge is 0.490 e. The smallest absolute Gasteiger partial charge is 0.323 e. The summed E-state index contributed by atoms with van der Waals surface area (Å²) in [6.07, 6.45) is 9.03. The van der Waals surface area contributed by atoms with Gasteiger partial charge in [0.1, 0.15) is 5.75 Å². The number of benzene rings is 2. The second-order valence-corrected chi connectivity index (χ2v) is 13.9. The summed E-state index contributed by atoms with van der Waals surface area (Å²) in [5.41, 5.74) is 1.31. The predicted molar refractivity (Wildman–Crippen MR) is 186 cm³/mol. The summed E-state index contributed by atoms with van der Waals surface area (Å²) >= 11 is 0. The van der Waals surface area contributed by atoms with E-state index in [0.717, 1.165) is 38.3 Å². The summed E-state index contributed by atoms with van der Waals surface area (Å²) in [5.74, 6) is 2.11. The summed E-state index contributed by atoms with van der Waals surface area (Å²) in [4.78, 5) is 31.5. The highest BCUT2D eigenvalue weighted by Gasteiger charge is 2.31. The fourth-order valence-electron chi connectivity index (χ4n) is 6.92. The Labute approximate surface area is 285 Å². The van der Waals surface area contributed by atoms with Gasteiger partial charge in [-0.25, -0.2) is 4.79 Å². The van der Waals surface area contributed by atoms with Crippen LogP contribution in [0.5, 0.6) is 17.2 Å². The first-order valence-electron chi connectivity index (χ1n) is 17.7. The Bertz CT molecular complexity index is 1370. The van der Waals surface area contributed by atoms with E-state index < -0.39 is 12.1 Å². The molecule has 0 aromatic heterocycles. The third-order valence-electron chi connectivity index (χ3n) is 9.73. The Morgan fingerprint density at radius 1 is 0.938 bits per heavy atom. The van der Waals surface area contributed by atoms with Crippen molar-refractivity contribution in [3.05, 3.63) is 42.0 Å². The topological polar surface area (TPSA) is 122 Å². The number of hydrogen-bond acceptors (Lipinski definition) is 8. The van der Waals surface area contributed by atoms with E-state index in [1.165, 1.54) is 32.1 Å². The van der Waals surface area contributed by atoms with Crippen LogP contribution in [0.3, 0.4) is 0 Å². The number of aliphatic hydroxyl groups is 1. The van der Waals surface area contributed by atoms with Crippen LogP contribution in [0.4, 0.5) is 16.2 Å². The number of hydrogen-bond donors (Lipinski definition) is 3. The van der Waals surface area contributed by atoms with E-state index in [2.05, 4.69) is 29.5 Å². The van der Waals surface area contributed by atoms with Crippen molar-refractivity contribution >= 4 is 23.3 Å². The Morgan fingerprint density at radius 3 is 2.38 bits per heavy atom. The molecule has 2 aromatic rings. The van der Waals surface area contributed by atoms with Gasteiger partial charge in [0.05, 0.1) is 30.4 Å². The van der Waals surface area contributed by atoms with Crippen LogP contribution in [-0.2, 0) is 4.74 Å². The van der Waals surface area contributed by atoms with Gasteiger partial charge in [-0.1, -0.05) is 26.2 Å². The van der Waals surface area contributed by atoms with Gasteiger partial charge in [-0.15, -0.1) is 0 Å². The van der Waals surface area contributed by atoms with Crippen molar-refractivity contribution in [3.8, 4) is 17.2 Å². The Morgan fingerprint density at radius 2 is 1.62 bits per heavy atom. The molecule has 0 spiro atoms. The van der Waals surface area contributed by atoms with Gasteiger partial charge in [-0.2, -0.15) is 0 Å². The lowest BCUT2D eigenvalue weighted by atomic mass is 9.89. The van der Waals surface area contributed by atoms with E-state index >= 15 is 0 Å². The maximum atomic E-state index is 14.4. The summed E-state index contributed by atoms with van der Waals surface area (Å²) in [5, 5.41) is 15.9. The quantitative estimate of drug-likeness (QED) is 0.297. The number of fused-ring (bicyclic) bond motifs is 2. The Hall–Kier alpha value is -3.54. The lowest BCUT2D eigenvalue weighted by Crippen LogP contribution is -2.47. The molecule has 0 bridgehead atoms. The van der Waals surface area contributed by atoms with Crippen LogP contribution < -0.4 is 24.8 Å². The first-order chi connectivity index (χ1) is 23.2. The van der Waals surface area contributed by atoms with E-state index in [1.807, 2.05) is 13.8 Å². The zero-order valence-electron chi connectivity index (χ0n) is 29.0. The fourth-order valence-corrected chi connectivity index (χ4v) is 6.92. The average Bonchev–Trinajstić information content (AvgIpc) is 3.54. The van der Waals surface area contributed by atoms with Crippen molar-refractivity contribution in [2.75, 3.05) is 57.3 Å². The van der Waals surface area contributed by atoms with Gasteiger partial charge in [0, 0.05) is 49.6 Å². The number of rotatable bonds is 8. The molecule has 5 rings (SSSR count). The van der Waals surface area contributed by atoms with Crippen LogP contribution in [-0.4, -0.2) is 91.8 Å². The van der Waals surface area contributed by atoms with Gasteiger partial charge in [0.15, 0.2) is 11.5 Å². The minimum Gasteiger partial charge on any atom is -0.490 e. The molecule has 1 aliphatic carbocycles. The van der Waals surface area contributed by atoms with Gasteiger partial charge in [-0.3, -0.25) is 4.79 Å². The van der Waals surface area contributed by atoms with Crippen molar-refractivity contribution in [3.63, 3.8) is 0 Å². The number of amides is 3. The van der Waals surface area contributed by atoms with Crippen LogP contribution in [0, 0.1) is 11.8 Å². The number of nitrogens with one attached hydrogen (secondary N) is 2. The molecule has 0 saturated heterocycles. The molecule has 48 heavy (non-hydrogen) atoms. The van der Waals surface area contributed by atoms with Gasteiger partial charge in [0.25, 0.3) is 5.91 Å². The lowest BCUT2D eigenvalue weighted by Gasteiger charge is -2.36. The van der Waals surface area contributed by atoms with Crippen LogP contribution in [0.25, 0.3) is 0 Å². The van der Waals surface area contributed by atoms with Crippen molar-refractivity contribution in [2.45, 2.75) is 90.4 Å². The minimum atomic E-state index is -0.469. The van der Waals surface area contributed by atoms with Crippen molar-refractivity contribution < 1.29 is 33.6 Å². The SMILES string of the molecule is C[C@@H]1CCCCO[C@H](CN(C)CC2CCCCC2)[C@H](C)CN([C@H](C)CO)C(=O)c2cc(NC(=O)Nc3ccc4c(c3)OCO4)ccc2O1. The normalized spacial score (nSPS) is 23.2. The third kappa shape index (κ3) is 9.76. The Kier molecular flexibility index (Phi) is 12.8. The zero-order valence-corrected chi connectivity index (χ0v) is 29.0. The highest BCUT2D eigenvalue weighted by molar-refractivity contribution is 6.02. The molecule has 3 aliphatic rings. The number of likely N-dealkylation sites (N-methyl/N-ethyl adjacent to an activating group) is 1. The van der Waals surface area contributed by atoms with Gasteiger partial charge in [0.2, 0.25) is 6.79 Å². The highest BCUT2D eigenvalue weighted by atomic mass is 16.7. The Balaban J connectivity index is 1.35. The van der Waals surface area contributed by atoms with E-state index in [0.29, 0.717) is 47.3 Å². The number of carbonyl (C=O) groups is 2. The van der Waals surface area contributed by atoms with Crippen LogP contribution >= 0.6 is 0 Å². The van der Waals surface area contributed by atoms with E-state index in [1.54, 1.807) is 41.3 Å². The van der Waals surface area contributed by atoms with E-state index in [-0.39, 0.29) is 37.4 Å². The van der Waals surface area contributed by atoms with Crippen LogP contribution in [0.2, 0.25) is 0 Å². The molecule has 4 atom stereocenters. The average molecular weight is 667 g/mol. The van der Waals surface area contributed by atoms with Crippen LogP contribution in [0.15, 0.2) is 36.4 Å². The first-order valence-corrected chi connectivity index (χ1v) is 17.7. The fraction of sp³-hybridized carbons (Fsp3) is 0.622. The molecular formula is C37H54N4O7. The third-order valence-corrected chi connectivity index (χ3v) is 9.73. The number of aliphatic hydroxyl groups excluding tert-OH is 1. The lowest BCUT2D eigenvalue weighted by molar-refractivity contribution is -0.0190. The molecule has 3 N–H and O–H groups in total. The molecular weight excluding hydrogens is 612 g/mol. The zero-order chi connectivity index (χ0) is 34.0. The molecule has 264 valence electrons. The highest BCUT2D eigenvalue weighted by Crippen LogP contribution is 2.34. The molecule has 1 saturated carbocycles.